The lowest BCUT2D eigenvalue weighted by Crippen LogP contribution is -2.06. The molecule has 0 bridgehead atoms. The molecule has 1 nitrogen and oxygen atoms in total. The molecule has 1 aliphatic rings. The van der Waals surface area contributed by atoms with Gasteiger partial charge in [0.25, 0.3) is 0 Å². The molecule has 0 amide bonds. The molecular weight excluding hydrogens is 62.1 g/mol. The van der Waals surface area contributed by atoms with E-state index in [1.807, 2.05) is 0 Å². The SMILES string of the molecule is [2H]C([2H])([2H])NC1CC1. The Labute approximate surface area is 36.6 Å². The zero-order valence-electron chi connectivity index (χ0n) is 5.99. The maximum absolute atomic E-state index is 6.72. The van der Waals surface area contributed by atoms with Crippen LogP contribution in [0.25, 0.3) is 0 Å². The fourth-order valence-corrected chi connectivity index (χ4v) is 0.228. The van der Waals surface area contributed by atoms with Crippen LogP contribution in [-0.4, -0.2) is 13.0 Å². The van der Waals surface area contributed by atoms with Gasteiger partial charge in [0.1, 0.15) is 0 Å². The molecule has 1 rings (SSSR count). The van der Waals surface area contributed by atoms with Crippen molar-refractivity contribution in [2.45, 2.75) is 18.9 Å². The molecule has 0 aromatic carbocycles. The van der Waals surface area contributed by atoms with Gasteiger partial charge in [-0.3, -0.25) is 0 Å². The monoisotopic (exact) mass is 74.1 g/mol. The van der Waals surface area contributed by atoms with E-state index in [9.17, 15) is 0 Å². The molecule has 1 heteroatoms. The van der Waals surface area contributed by atoms with E-state index in [-0.39, 0.29) is 6.04 Å². The number of hydrogen-bond donors (Lipinski definition) is 1. The number of hydrogen-bond acceptors (Lipinski definition) is 1. The molecule has 1 fully saturated rings. The van der Waals surface area contributed by atoms with Gasteiger partial charge in [-0.25, -0.2) is 0 Å². The molecule has 0 heterocycles. The van der Waals surface area contributed by atoms with Gasteiger partial charge < -0.3 is 5.32 Å². The maximum Gasteiger partial charge on any atom is 0.0391 e. The third kappa shape index (κ3) is 0.618. The van der Waals surface area contributed by atoms with Crippen molar-refractivity contribution in [1.82, 2.24) is 5.32 Å². The van der Waals surface area contributed by atoms with E-state index in [0.29, 0.717) is 0 Å². The van der Waals surface area contributed by atoms with Gasteiger partial charge in [0.2, 0.25) is 0 Å². The van der Waals surface area contributed by atoms with Gasteiger partial charge in [0.05, 0.1) is 0 Å². The molecule has 0 radical (unpaired) electrons. The first-order chi connectivity index (χ1) is 3.58. The minimum atomic E-state index is -1.92. The molecule has 1 N–H and O–H groups in total. The largest absolute Gasteiger partial charge is 0.317 e. The Bertz CT molecular complexity index is 83.8. The van der Waals surface area contributed by atoms with Crippen molar-refractivity contribution in [2.75, 3.05) is 6.98 Å². The third-order valence-electron chi connectivity index (χ3n) is 0.781. The van der Waals surface area contributed by atoms with Crippen molar-refractivity contribution >= 4 is 0 Å². The normalized spacial score (nSPS) is 34.8. The van der Waals surface area contributed by atoms with Gasteiger partial charge >= 0.3 is 0 Å². The van der Waals surface area contributed by atoms with Crippen LogP contribution in [0.3, 0.4) is 0 Å². The summed E-state index contributed by atoms with van der Waals surface area (Å²) in [5, 5.41) is 2.49. The second-order valence-corrected chi connectivity index (χ2v) is 1.42. The van der Waals surface area contributed by atoms with E-state index < -0.39 is 6.98 Å². The second-order valence-electron chi connectivity index (χ2n) is 1.42. The van der Waals surface area contributed by atoms with Crippen LogP contribution >= 0.6 is 0 Å². The summed E-state index contributed by atoms with van der Waals surface area (Å²) in [5.41, 5.74) is 0. The predicted molar refractivity (Wildman–Crippen MR) is 22.1 cm³/mol. The first kappa shape index (κ1) is 1.23. The van der Waals surface area contributed by atoms with E-state index >= 15 is 0 Å². The van der Waals surface area contributed by atoms with Crippen LogP contribution in [0.5, 0.6) is 0 Å². The molecule has 30 valence electrons. The highest BCUT2D eigenvalue weighted by Crippen LogP contribution is 2.16. The third-order valence-corrected chi connectivity index (χ3v) is 0.781. The lowest BCUT2D eigenvalue weighted by Gasteiger charge is -1.80. The van der Waals surface area contributed by atoms with Crippen LogP contribution < -0.4 is 5.32 Å². The lowest BCUT2D eigenvalue weighted by atomic mass is 10.7. The highest BCUT2D eigenvalue weighted by Gasteiger charge is 2.17. The zero-order valence-corrected chi connectivity index (χ0v) is 2.99. The molecule has 0 saturated heterocycles. The van der Waals surface area contributed by atoms with Gasteiger partial charge in [-0.15, -0.1) is 0 Å². The minimum absolute atomic E-state index is 0.280. The zero-order chi connectivity index (χ0) is 6.20. The Kier molecular flexibility index (Phi) is 0.240. The van der Waals surface area contributed by atoms with Gasteiger partial charge in [-0.2, -0.15) is 0 Å². The van der Waals surface area contributed by atoms with Crippen molar-refractivity contribution in [3.8, 4) is 0 Å². The summed E-state index contributed by atoms with van der Waals surface area (Å²) in [6.45, 7) is -1.92. The van der Waals surface area contributed by atoms with Crippen LogP contribution in [0.1, 0.15) is 17.0 Å². The van der Waals surface area contributed by atoms with Crippen LogP contribution in [0.4, 0.5) is 0 Å². The van der Waals surface area contributed by atoms with Crippen molar-refractivity contribution < 1.29 is 4.11 Å². The standard InChI is InChI=1S/C4H9N/c1-5-4-2-3-4/h4-5H,2-3H2,1H3/i1D3. The minimum Gasteiger partial charge on any atom is -0.317 e. The maximum atomic E-state index is 6.72. The van der Waals surface area contributed by atoms with Crippen molar-refractivity contribution in [1.29, 1.82) is 0 Å². The first-order valence-electron chi connectivity index (χ1n) is 3.36. The Balaban J connectivity index is 2.16. The summed E-state index contributed by atoms with van der Waals surface area (Å²) < 4.78 is 20.2. The van der Waals surface area contributed by atoms with Crippen LogP contribution in [0.15, 0.2) is 0 Å². The summed E-state index contributed by atoms with van der Waals surface area (Å²) >= 11 is 0. The summed E-state index contributed by atoms with van der Waals surface area (Å²) in [7, 11) is 0. The summed E-state index contributed by atoms with van der Waals surface area (Å²) in [4.78, 5) is 0. The van der Waals surface area contributed by atoms with Gasteiger partial charge in [0, 0.05) is 10.2 Å². The van der Waals surface area contributed by atoms with Crippen LogP contribution in [0, 0.1) is 0 Å². The van der Waals surface area contributed by atoms with Crippen molar-refractivity contribution in [3.05, 3.63) is 0 Å². The molecule has 0 atom stereocenters. The predicted octanol–water partition coefficient (Wildman–Crippen LogP) is 0.368. The van der Waals surface area contributed by atoms with Crippen molar-refractivity contribution in [3.63, 3.8) is 0 Å². The summed E-state index contributed by atoms with van der Waals surface area (Å²) in [6.07, 6.45) is 2.05. The fourth-order valence-electron chi connectivity index (χ4n) is 0.228. The number of nitrogens with one attached hydrogen (secondary N) is 1. The quantitative estimate of drug-likeness (QED) is 0.474. The van der Waals surface area contributed by atoms with Gasteiger partial charge in [-0.05, 0) is 19.8 Å². The van der Waals surface area contributed by atoms with Crippen molar-refractivity contribution in [2.24, 2.45) is 0 Å². The molecule has 1 aliphatic carbocycles. The van der Waals surface area contributed by atoms with E-state index in [2.05, 4.69) is 5.32 Å². The van der Waals surface area contributed by atoms with Gasteiger partial charge in [0.15, 0.2) is 0 Å². The molecular formula is C4H9N. The smallest absolute Gasteiger partial charge is 0.0391 e. The summed E-state index contributed by atoms with van der Waals surface area (Å²) in [6, 6.07) is 0.280. The highest BCUT2D eigenvalue weighted by molar-refractivity contribution is 4.78. The summed E-state index contributed by atoms with van der Waals surface area (Å²) in [5.74, 6) is 0. The Morgan fingerprint density at radius 2 is 2.80 bits per heavy atom. The van der Waals surface area contributed by atoms with E-state index in [4.69, 9.17) is 4.11 Å². The van der Waals surface area contributed by atoms with Crippen LogP contribution in [0.2, 0.25) is 0 Å². The molecule has 1 saturated carbocycles. The molecule has 5 heavy (non-hydrogen) atoms. The number of rotatable bonds is 1. The van der Waals surface area contributed by atoms with E-state index in [0.717, 1.165) is 12.8 Å². The fraction of sp³-hybridized carbons (Fsp3) is 1.00. The highest BCUT2D eigenvalue weighted by atomic mass is 14.9. The lowest BCUT2D eigenvalue weighted by molar-refractivity contribution is 0.811. The molecule has 0 unspecified atom stereocenters. The van der Waals surface area contributed by atoms with E-state index in [1.54, 1.807) is 0 Å². The molecule has 0 aromatic rings. The Morgan fingerprint density at radius 1 is 2.00 bits per heavy atom. The Morgan fingerprint density at radius 3 is 3.00 bits per heavy atom. The first-order valence-corrected chi connectivity index (χ1v) is 1.86. The van der Waals surface area contributed by atoms with Gasteiger partial charge in [-0.1, -0.05) is 0 Å². The average Bonchev–Trinajstić information content (AvgIpc) is 2.12. The molecule has 0 aliphatic heterocycles. The topological polar surface area (TPSA) is 12.0 Å². The average molecular weight is 74.1 g/mol. The Hall–Kier alpha value is -0.0400. The molecule has 0 spiro atoms. The van der Waals surface area contributed by atoms with Crippen LogP contribution in [-0.2, 0) is 0 Å². The molecule has 0 aromatic heterocycles. The second kappa shape index (κ2) is 0.977. The van der Waals surface area contributed by atoms with E-state index in [1.165, 1.54) is 0 Å².